The average molecular weight is 265 g/mol. The number of benzene rings is 1. The SMILES string of the molecule is CCN(c1ccccc1)c1ncc(F)cc1CCl. The van der Waals surface area contributed by atoms with E-state index in [1.54, 1.807) is 0 Å². The molecule has 0 amide bonds. The van der Waals surface area contributed by atoms with Crippen molar-refractivity contribution in [2.45, 2.75) is 12.8 Å². The van der Waals surface area contributed by atoms with Gasteiger partial charge in [0.1, 0.15) is 11.6 Å². The Hall–Kier alpha value is -1.61. The molecule has 1 heterocycles. The molecule has 0 aliphatic carbocycles. The fourth-order valence-corrected chi connectivity index (χ4v) is 2.07. The molecule has 2 aromatic rings. The van der Waals surface area contributed by atoms with Crippen molar-refractivity contribution in [2.24, 2.45) is 0 Å². The highest BCUT2D eigenvalue weighted by Gasteiger charge is 2.13. The second-order valence-electron chi connectivity index (χ2n) is 3.85. The van der Waals surface area contributed by atoms with Crippen LogP contribution >= 0.6 is 11.6 Å². The van der Waals surface area contributed by atoms with E-state index in [0.29, 0.717) is 11.4 Å². The molecule has 0 bridgehead atoms. The molecule has 0 atom stereocenters. The molecule has 4 heteroatoms. The van der Waals surface area contributed by atoms with E-state index >= 15 is 0 Å². The molecule has 2 nitrogen and oxygen atoms in total. The van der Waals surface area contributed by atoms with Crippen molar-refractivity contribution < 1.29 is 4.39 Å². The Balaban J connectivity index is 2.45. The van der Waals surface area contributed by atoms with Gasteiger partial charge in [0.05, 0.1) is 12.1 Å². The maximum Gasteiger partial charge on any atom is 0.141 e. The summed E-state index contributed by atoms with van der Waals surface area (Å²) in [6.45, 7) is 2.77. The minimum atomic E-state index is -0.362. The monoisotopic (exact) mass is 264 g/mol. The number of aromatic nitrogens is 1. The van der Waals surface area contributed by atoms with Gasteiger partial charge in [-0.05, 0) is 25.1 Å². The van der Waals surface area contributed by atoms with Crippen LogP contribution in [0.3, 0.4) is 0 Å². The first-order valence-corrected chi connectivity index (χ1v) is 6.32. The smallest absolute Gasteiger partial charge is 0.141 e. The van der Waals surface area contributed by atoms with Crippen LogP contribution in [-0.2, 0) is 5.88 Å². The van der Waals surface area contributed by atoms with E-state index in [9.17, 15) is 4.39 Å². The second kappa shape index (κ2) is 5.83. The van der Waals surface area contributed by atoms with Gasteiger partial charge in [-0.1, -0.05) is 18.2 Å². The Morgan fingerprint density at radius 1 is 1.28 bits per heavy atom. The lowest BCUT2D eigenvalue weighted by atomic mass is 10.2. The number of nitrogens with zero attached hydrogens (tertiary/aromatic N) is 2. The number of hydrogen-bond donors (Lipinski definition) is 0. The van der Waals surface area contributed by atoms with Crippen LogP contribution in [0.5, 0.6) is 0 Å². The van der Waals surface area contributed by atoms with Gasteiger partial charge in [-0.15, -0.1) is 11.6 Å². The molecule has 0 spiro atoms. The number of alkyl halides is 1. The number of para-hydroxylation sites is 1. The first-order chi connectivity index (χ1) is 8.76. The third-order valence-corrected chi connectivity index (χ3v) is 2.98. The van der Waals surface area contributed by atoms with Crippen LogP contribution in [0.4, 0.5) is 15.9 Å². The van der Waals surface area contributed by atoms with Crippen LogP contribution in [0.15, 0.2) is 42.6 Å². The predicted molar refractivity (Wildman–Crippen MR) is 72.9 cm³/mol. The highest BCUT2D eigenvalue weighted by molar-refractivity contribution is 6.17. The van der Waals surface area contributed by atoms with Crippen molar-refractivity contribution in [1.82, 2.24) is 4.98 Å². The molecule has 0 N–H and O–H groups in total. The third kappa shape index (κ3) is 2.62. The zero-order valence-corrected chi connectivity index (χ0v) is 10.9. The van der Waals surface area contributed by atoms with Crippen molar-refractivity contribution in [2.75, 3.05) is 11.4 Å². The standard InChI is InChI=1S/C14H14ClFN2/c1-2-18(13-6-4-3-5-7-13)14-11(9-15)8-12(16)10-17-14/h3-8,10H,2,9H2,1H3. The Labute approximate surface area is 111 Å². The summed E-state index contributed by atoms with van der Waals surface area (Å²) in [5.41, 5.74) is 1.72. The van der Waals surface area contributed by atoms with Crippen LogP contribution < -0.4 is 4.90 Å². The highest BCUT2D eigenvalue weighted by Crippen LogP contribution is 2.27. The largest absolute Gasteiger partial charge is 0.326 e. The van der Waals surface area contributed by atoms with E-state index in [4.69, 9.17) is 11.6 Å². The molecule has 94 valence electrons. The second-order valence-corrected chi connectivity index (χ2v) is 4.12. The lowest BCUT2D eigenvalue weighted by Crippen LogP contribution is -2.19. The van der Waals surface area contributed by atoms with E-state index in [-0.39, 0.29) is 11.7 Å². The molecule has 1 aromatic carbocycles. The summed E-state index contributed by atoms with van der Waals surface area (Å²) >= 11 is 5.86. The molecular formula is C14H14ClFN2. The number of hydrogen-bond acceptors (Lipinski definition) is 2. The Kier molecular flexibility index (Phi) is 4.15. The van der Waals surface area contributed by atoms with Gasteiger partial charge in [0.25, 0.3) is 0 Å². The number of anilines is 2. The fourth-order valence-electron chi connectivity index (χ4n) is 1.88. The average Bonchev–Trinajstić information content (AvgIpc) is 2.42. The predicted octanol–water partition coefficient (Wildman–Crippen LogP) is 4.12. The van der Waals surface area contributed by atoms with Crippen molar-refractivity contribution in [3.05, 3.63) is 54.0 Å². The molecule has 0 aliphatic heterocycles. The van der Waals surface area contributed by atoms with Crippen LogP contribution in [-0.4, -0.2) is 11.5 Å². The van der Waals surface area contributed by atoms with Gasteiger partial charge < -0.3 is 4.90 Å². The molecule has 0 unspecified atom stereocenters. The molecule has 0 radical (unpaired) electrons. The van der Waals surface area contributed by atoms with Crippen molar-refractivity contribution in [1.29, 1.82) is 0 Å². The quantitative estimate of drug-likeness (QED) is 0.773. The summed E-state index contributed by atoms with van der Waals surface area (Å²) < 4.78 is 13.2. The van der Waals surface area contributed by atoms with Gasteiger partial charge in [0.2, 0.25) is 0 Å². The Bertz CT molecular complexity index is 516. The summed E-state index contributed by atoms with van der Waals surface area (Å²) in [5.74, 6) is 0.585. The zero-order chi connectivity index (χ0) is 13.0. The third-order valence-electron chi connectivity index (χ3n) is 2.69. The minimum absolute atomic E-state index is 0.240. The fraction of sp³-hybridized carbons (Fsp3) is 0.214. The summed E-state index contributed by atoms with van der Waals surface area (Å²) in [4.78, 5) is 6.17. The van der Waals surface area contributed by atoms with Gasteiger partial charge in [-0.25, -0.2) is 9.37 Å². The first kappa shape index (κ1) is 12.8. The van der Waals surface area contributed by atoms with Crippen molar-refractivity contribution in [3.8, 4) is 0 Å². The Morgan fingerprint density at radius 2 is 2.00 bits per heavy atom. The van der Waals surface area contributed by atoms with Gasteiger partial charge >= 0.3 is 0 Å². The van der Waals surface area contributed by atoms with Crippen LogP contribution in [0.25, 0.3) is 0 Å². The molecule has 0 aliphatic rings. The van der Waals surface area contributed by atoms with Crippen LogP contribution in [0.1, 0.15) is 12.5 Å². The van der Waals surface area contributed by atoms with E-state index < -0.39 is 0 Å². The zero-order valence-electron chi connectivity index (χ0n) is 10.1. The minimum Gasteiger partial charge on any atom is -0.326 e. The summed E-state index contributed by atoms with van der Waals surface area (Å²) in [6.07, 6.45) is 1.22. The topological polar surface area (TPSA) is 16.1 Å². The van der Waals surface area contributed by atoms with E-state index in [2.05, 4.69) is 4.98 Å². The maximum absolute atomic E-state index is 13.2. The van der Waals surface area contributed by atoms with Gasteiger partial charge in [-0.3, -0.25) is 0 Å². The molecule has 18 heavy (non-hydrogen) atoms. The molecule has 0 saturated heterocycles. The van der Waals surface area contributed by atoms with E-state index in [1.807, 2.05) is 42.2 Å². The highest BCUT2D eigenvalue weighted by atomic mass is 35.5. The maximum atomic E-state index is 13.2. The summed E-state index contributed by atoms with van der Waals surface area (Å²) in [7, 11) is 0. The van der Waals surface area contributed by atoms with E-state index in [0.717, 1.165) is 12.2 Å². The van der Waals surface area contributed by atoms with Gasteiger partial charge in [-0.2, -0.15) is 0 Å². The normalized spacial score (nSPS) is 10.4. The molecule has 2 rings (SSSR count). The molecular weight excluding hydrogens is 251 g/mol. The summed E-state index contributed by atoms with van der Waals surface area (Å²) in [5, 5.41) is 0. The van der Waals surface area contributed by atoms with Crippen LogP contribution in [0, 0.1) is 5.82 Å². The summed E-state index contributed by atoms with van der Waals surface area (Å²) in [6, 6.07) is 11.3. The molecule has 1 aromatic heterocycles. The lowest BCUT2D eigenvalue weighted by Gasteiger charge is -2.24. The number of pyridine rings is 1. The van der Waals surface area contributed by atoms with E-state index in [1.165, 1.54) is 12.3 Å². The van der Waals surface area contributed by atoms with Gasteiger partial charge in [0.15, 0.2) is 0 Å². The van der Waals surface area contributed by atoms with Gasteiger partial charge in [0, 0.05) is 17.8 Å². The number of rotatable bonds is 4. The number of halogens is 2. The lowest BCUT2D eigenvalue weighted by molar-refractivity contribution is 0.619. The first-order valence-electron chi connectivity index (χ1n) is 5.79. The van der Waals surface area contributed by atoms with Crippen molar-refractivity contribution in [3.63, 3.8) is 0 Å². The Morgan fingerprint density at radius 3 is 2.61 bits per heavy atom. The van der Waals surface area contributed by atoms with Crippen LogP contribution in [0.2, 0.25) is 0 Å². The molecule has 0 saturated carbocycles. The van der Waals surface area contributed by atoms with Crippen molar-refractivity contribution >= 4 is 23.1 Å². The molecule has 0 fully saturated rings.